The molecule has 0 heterocycles. The Balaban J connectivity index is -0.000000656. The SMILES string of the molecule is C=C/C=C(\C=C)COC(=O)C(=O)OC(C)C.CC.CC. The Bertz CT molecular complexity index is 314. The number of carbonyl (C=O) groups excluding carboxylic acids is 2. The van der Waals surface area contributed by atoms with Crippen LogP contribution in [0.15, 0.2) is 37.0 Å². The number of esters is 2. The molecule has 0 aliphatic heterocycles. The molecule has 0 fully saturated rings. The van der Waals surface area contributed by atoms with Gasteiger partial charge >= 0.3 is 11.9 Å². The predicted octanol–water partition coefficient (Wildman–Crippen LogP) is 3.83. The third-order valence-electron chi connectivity index (χ3n) is 1.47. The van der Waals surface area contributed by atoms with Crippen molar-refractivity contribution in [3.05, 3.63) is 37.0 Å². The number of ether oxygens (including phenoxy) is 2. The van der Waals surface area contributed by atoms with Crippen LogP contribution in [-0.4, -0.2) is 24.6 Å². The molecule has 0 atom stereocenters. The molecular formula is C16H28O4. The predicted molar refractivity (Wildman–Crippen MR) is 83.4 cm³/mol. The van der Waals surface area contributed by atoms with E-state index in [4.69, 9.17) is 4.74 Å². The zero-order chi connectivity index (χ0) is 16.6. The lowest BCUT2D eigenvalue weighted by atomic mass is 10.2. The molecule has 0 aliphatic rings. The zero-order valence-corrected chi connectivity index (χ0v) is 13.6. The fourth-order valence-electron chi connectivity index (χ4n) is 0.796. The van der Waals surface area contributed by atoms with E-state index in [1.807, 2.05) is 27.7 Å². The summed E-state index contributed by atoms with van der Waals surface area (Å²) in [4.78, 5) is 22.2. The summed E-state index contributed by atoms with van der Waals surface area (Å²) >= 11 is 0. The highest BCUT2D eigenvalue weighted by molar-refractivity contribution is 6.29. The number of rotatable bonds is 5. The normalized spacial score (nSPS) is 9.25. The Morgan fingerprint density at radius 2 is 1.55 bits per heavy atom. The highest BCUT2D eigenvalue weighted by atomic mass is 16.6. The van der Waals surface area contributed by atoms with Gasteiger partial charge in [0, 0.05) is 0 Å². The maximum absolute atomic E-state index is 11.1. The fraction of sp³-hybridized carbons (Fsp3) is 0.500. The Kier molecular flexibility index (Phi) is 20.0. The molecule has 0 saturated carbocycles. The van der Waals surface area contributed by atoms with Gasteiger partial charge in [0.15, 0.2) is 0 Å². The Hall–Kier alpha value is -1.84. The van der Waals surface area contributed by atoms with Crippen LogP contribution in [-0.2, 0) is 19.1 Å². The number of allylic oxidation sites excluding steroid dienone is 2. The largest absolute Gasteiger partial charge is 0.455 e. The summed E-state index contributed by atoms with van der Waals surface area (Å²) in [6.45, 7) is 18.3. The minimum Gasteiger partial charge on any atom is -0.455 e. The van der Waals surface area contributed by atoms with E-state index in [-0.39, 0.29) is 12.7 Å². The van der Waals surface area contributed by atoms with Crippen LogP contribution in [0.5, 0.6) is 0 Å². The second-order valence-electron chi connectivity index (χ2n) is 3.21. The number of carbonyl (C=O) groups is 2. The second-order valence-corrected chi connectivity index (χ2v) is 3.21. The molecule has 0 rings (SSSR count). The first-order chi connectivity index (χ1) is 9.51. The van der Waals surface area contributed by atoms with Crippen molar-refractivity contribution < 1.29 is 19.1 Å². The van der Waals surface area contributed by atoms with Crippen molar-refractivity contribution in [3.63, 3.8) is 0 Å². The maximum Gasteiger partial charge on any atom is 0.417 e. The van der Waals surface area contributed by atoms with E-state index in [0.29, 0.717) is 5.57 Å². The molecule has 0 unspecified atom stereocenters. The summed E-state index contributed by atoms with van der Waals surface area (Å²) in [6, 6.07) is 0. The maximum atomic E-state index is 11.1. The van der Waals surface area contributed by atoms with Gasteiger partial charge in [-0.2, -0.15) is 0 Å². The van der Waals surface area contributed by atoms with Crippen LogP contribution in [0.25, 0.3) is 0 Å². The minimum atomic E-state index is -1.01. The van der Waals surface area contributed by atoms with E-state index < -0.39 is 11.9 Å². The van der Waals surface area contributed by atoms with Crippen molar-refractivity contribution in [2.75, 3.05) is 6.61 Å². The van der Waals surface area contributed by atoms with E-state index in [2.05, 4.69) is 17.9 Å². The van der Waals surface area contributed by atoms with E-state index in [9.17, 15) is 9.59 Å². The first kappa shape index (κ1) is 23.3. The molecule has 0 N–H and O–H groups in total. The van der Waals surface area contributed by atoms with Crippen LogP contribution in [0.4, 0.5) is 0 Å². The molecule has 0 spiro atoms. The molecule has 0 amide bonds. The van der Waals surface area contributed by atoms with Crippen LogP contribution in [0.2, 0.25) is 0 Å². The fourth-order valence-corrected chi connectivity index (χ4v) is 0.796. The molecule has 0 aliphatic carbocycles. The van der Waals surface area contributed by atoms with Crippen LogP contribution >= 0.6 is 0 Å². The van der Waals surface area contributed by atoms with Crippen LogP contribution in [0.1, 0.15) is 41.5 Å². The van der Waals surface area contributed by atoms with E-state index in [0.717, 1.165) is 0 Å². The van der Waals surface area contributed by atoms with Gasteiger partial charge in [-0.05, 0) is 19.4 Å². The van der Waals surface area contributed by atoms with Crippen molar-refractivity contribution in [1.29, 1.82) is 0 Å². The quantitative estimate of drug-likeness (QED) is 0.437. The van der Waals surface area contributed by atoms with E-state index in [1.54, 1.807) is 19.9 Å². The summed E-state index contributed by atoms with van der Waals surface area (Å²) in [5.41, 5.74) is 0.653. The lowest BCUT2D eigenvalue weighted by Crippen LogP contribution is -2.23. The number of hydrogen-bond acceptors (Lipinski definition) is 4. The van der Waals surface area contributed by atoms with Gasteiger partial charge in [0.2, 0.25) is 0 Å². The van der Waals surface area contributed by atoms with Crippen molar-refractivity contribution in [2.24, 2.45) is 0 Å². The lowest BCUT2D eigenvalue weighted by molar-refractivity contribution is -0.169. The first-order valence-corrected chi connectivity index (χ1v) is 6.83. The molecule has 4 nitrogen and oxygen atoms in total. The average molecular weight is 284 g/mol. The van der Waals surface area contributed by atoms with Gasteiger partial charge < -0.3 is 9.47 Å². The molecule has 0 radical (unpaired) electrons. The van der Waals surface area contributed by atoms with E-state index in [1.165, 1.54) is 12.2 Å². The average Bonchev–Trinajstić information content (AvgIpc) is 2.46. The second kappa shape index (κ2) is 17.2. The minimum absolute atomic E-state index is 0.0262. The van der Waals surface area contributed by atoms with Crippen LogP contribution in [0, 0.1) is 0 Å². The molecule has 20 heavy (non-hydrogen) atoms. The van der Waals surface area contributed by atoms with Crippen molar-refractivity contribution >= 4 is 11.9 Å². The Morgan fingerprint density at radius 1 is 1.05 bits per heavy atom. The summed E-state index contributed by atoms with van der Waals surface area (Å²) in [6.07, 6.45) is 4.34. The molecule has 116 valence electrons. The van der Waals surface area contributed by atoms with Gasteiger partial charge in [0.25, 0.3) is 0 Å². The summed E-state index contributed by atoms with van der Waals surface area (Å²) in [5.74, 6) is -2.00. The molecular weight excluding hydrogens is 256 g/mol. The molecule has 0 saturated heterocycles. The summed E-state index contributed by atoms with van der Waals surface area (Å²) in [5, 5.41) is 0. The summed E-state index contributed by atoms with van der Waals surface area (Å²) in [7, 11) is 0. The third kappa shape index (κ3) is 14.2. The monoisotopic (exact) mass is 284 g/mol. The van der Waals surface area contributed by atoms with Crippen molar-refractivity contribution in [1.82, 2.24) is 0 Å². The highest BCUT2D eigenvalue weighted by Gasteiger charge is 2.18. The molecule has 0 aromatic rings. The van der Waals surface area contributed by atoms with Gasteiger partial charge in [0.1, 0.15) is 6.61 Å². The zero-order valence-electron chi connectivity index (χ0n) is 13.6. The number of hydrogen-bond donors (Lipinski definition) is 0. The third-order valence-corrected chi connectivity index (χ3v) is 1.47. The van der Waals surface area contributed by atoms with Gasteiger partial charge in [-0.25, -0.2) is 9.59 Å². The van der Waals surface area contributed by atoms with E-state index >= 15 is 0 Å². The van der Waals surface area contributed by atoms with Gasteiger partial charge in [0.05, 0.1) is 6.10 Å². The summed E-state index contributed by atoms with van der Waals surface area (Å²) < 4.78 is 9.37. The molecule has 0 bridgehead atoms. The van der Waals surface area contributed by atoms with Crippen LogP contribution < -0.4 is 0 Å². The van der Waals surface area contributed by atoms with Crippen LogP contribution in [0.3, 0.4) is 0 Å². The van der Waals surface area contributed by atoms with Gasteiger partial charge in [-0.15, -0.1) is 0 Å². The van der Waals surface area contributed by atoms with Crippen molar-refractivity contribution in [2.45, 2.75) is 47.6 Å². The topological polar surface area (TPSA) is 52.6 Å². The molecule has 0 aromatic heterocycles. The Morgan fingerprint density at radius 3 is 1.90 bits per heavy atom. The van der Waals surface area contributed by atoms with Crippen molar-refractivity contribution in [3.8, 4) is 0 Å². The highest BCUT2D eigenvalue weighted by Crippen LogP contribution is 1.99. The van der Waals surface area contributed by atoms with Gasteiger partial charge in [-0.3, -0.25) is 0 Å². The first-order valence-electron chi connectivity index (χ1n) is 6.83. The van der Waals surface area contributed by atoms with Gasteiger partial charge in [-0.1, -0.05) is 59.1 Å². The Labute approximate surface area is 123 Å². The molecule has 4 heteroatoms. The lowest BCUT2D eigenvalue weighted by Gasteiger charge is -2.07. The molecule has 0 aromatic carbocycles. The smallest absolute Gasteiger partial charge is 0.417 e. The standard InChI is InChI=1S/C12H16O4.2C2H6/c1-5-7-10(6-2)8-15-11(13)12(14)16-9(3)4;2*1-2/h5-7,9H,1-2,8H2,3-4H3;2*1-2H3/b10-7+;;.